The smallest absolute Gasteiger partial charge is 0.236 e. The van der Waals surface area contributed by atoms with Crippen LogP contribution in [0.3, 0.4) is 0 Å². The normalized spacial score (nSPS) is 10.2. The van der Waals surface area contributed by atoms with Crippen molar-refractivity contribution in [3.8, 4) is 0 Å². The molecule has 19 heavy (non-hydrogen) atoms. The van der Waals surface area contributed by atoms with Gasteiger partial charge in [-0.15, -0.1) is 0 Å². The van der Waals surface area contributed by atoms with Gasteiger partial charge in [0.15, 0.2) is 11.6 Å². The van der Waals surface area contributed by atoms with E-state index in [1.54, 1.807) is 31.2 Å². The molecule has 1 aromatic heterocycles. The molecule has 0 fully saturated rings. The zero-order chi connectivity index (χ0) is 13.8. The van der Waals surface area contributed by atoms with E-state index in [-0.39, 0.29) is 24.0 Å². The van der Waals surface area contributed by atoms with Gasteiger partial charge in [-0.3, -0.25) is 9.59 Å². The summed E-state index contributed by atoms with van der Waals surface area (Å²) in [4.78, 5) is 26.8. The summed E-state index contributed by atoms with van der Waals surface area (Å²) in [5.74, 6) is 0.502. The number of anilines is 1. The molecule has 0 saturated heterocycles. The zero-order valence-corrected chi connectivity index (χ0v) is 10.6. The molecule has 0 aliphatic carbocycles. The van der Waals surface area contributed by atoms with E-state index in [1.165, 1.54) is 6.92 Å². The van der Waals surface area contributed by atoms with Crippen molar-refractivity contribution >= 4 is 17.4 Å². The Balaban J connectivity index is 1.97. The fourth-order valence-electron chi connectivity index (χ4n) is 1.54. The van der Waals surface area contributed by atoms with Gasteiger partial charge in [0.2, 0.25) is 11.8 Å². The maximum absolute atomic E-state index is 11.7. The van der Waals surface area contributed by atoms with Crippen LogP contribution in [-0.4, -0.2) is 21.8 Å². The highest BCUT2D eigenvalue weighted by Gasteiger charge is 2.10. The topological polar surface area (TPSA) is 85.1 Å². The van der Waals surface area contributed by atoms with E-state index in [0.29, 0.717) is 17.1 Å². The first-order valence-electron chi connectivity index (χ1n) is 5.74. The van der Waals surface area contributed by atoms with Crippen LogP contribution in [0.25, 0.3) is 0 Å². The van der Waals surface area contributed by atoms with Crippen LogP contribution in [0.15, 0.2) is 28.8 Å². The minimum atomic E-state index is -0.251. The molecule has 0 atom stereocenters. The monoisotopic (exact) mass is 259 g/mol. The Bertz CT molecular complexity index is 602. The maximum atomic E-state index is 11.7. The molecule has 0 saturated carbocycles. The Hall–Kier alpha value is -2.50. The predicted molar refractivity (Wildman–Crippen MR) is 67.8 cm³/mol. The lowest BCUT2D eigenvalue weighted by molar-refractivity contribution is -0.115. The van der Waals surface area contributed by atoms with Gasteiger partial charge in [0.05, 0.1) is 0 Å². The van der Waals surface area contributed by atoms with Crippen molar-refractivity contribution in [2.24, 2.45) is 0 Å². The number of aromatic nitrogens is 2. The summed E-state index contributed by atoms with van der Waals surface area (Å²) in [6.07, 6.45) is 0.0231. The van der Waals surface area contributed by atoms with Crippen molar-refractivity contribution in [3.05, 3.63) is 41.5 Å². The largest absolute Gasteiger partial charge is 0.339 e. The maximum Gasteiger partial charge on any atom is 0.236 e. The summed E-state index contributed by atoms with van der Waals surface area (Å²) in [6.45, 7) is 3.18. The summed E-state index contributed by atoms with van der Waals surface area (Å²) < 4.78 is 4.86. The molecule has 0 bridgehead atoms. The molecule has 98 valence electrons. The number of nitrogens with one attached hydrogen (secondary N) is 1. The first-order chi connectivity index (χ1) is 9.04. The molecule has 0 radical (unpaired) electrons. The number of Topliss-reactive ketones (excluding diaryl/α,β-unsaturated/α-hetero) is 1. The van der Waals surface area contributed by atoms with E-state index in [2.05, 4.69) is 15.5 Å². The van der Waals surface area contributed by atoms with Crippen molar-refractivity contribution in [3.63, 3.8) is 0 Å². The number of ketones is 1. The second kappa shape index (κ2) is 5.43. The Morgan fingerprint density at radius 1 is 1.26 bits per heavy atom. The van der Waals surface area contributed by atoms with E-state index in [0.717, 1.165) is 0 Å². The molecule has 0 unspecified atom stereocenters. The SMILES string of the molecule is CC(=O)c1ccc(NC(=O)Cc2nc(C)no2)cc1. The third-order valence-electron chi connectivity index (χ3n) is 2.46. The molecule has 2 aromatic rings. The first-order valence-corrected chi connectivity index (χ1v) is 5.74. The number of aryl methyl sites for hydroxylation is 1. The molecule has 1 N–H and O–H groups in total. The first kappa shape index (κ1) is 12.9. The molecular formula is C13H13N3O3. The summed E-state index contributed by atoms with van der Waals surface area (Å²) in [5, 5.41) is 6.29. The van der Waals surface area contributed by atoms with Crippen molar-refractivity contribution in [1.82, 2.24) is 10.1 Å². The van der Waals surface area contributed by atoms with Crippen LogP contribution in [0.2, 0.25) is 0 Å². The van der Waals surface area contributed by atoms with E-state index in [9.17, 15) is 9.59 Å². The second-order valence-corrected chi connectivity index (χ2v) is 4.09. The third kappa shape index (κ3) is 3.48. The fraction of sp³-hybridized carbons (Fsp3) is 0.231. The van der Waals surface area contributed by atoms with Crippen LogP contribution in [0.5, 0.6) is 0 Å². The van der Waals surface area contributed by atoms with Gasteiger partial charge in [0.25, 0.3) is 0 Å². The Morgan fingerprint density at radius 3 is 2.47 bits per heavy atom. The van der Waals surface area contributed by atoms with E-state index in [1.807, 2.05) is 0 Å². The molecule has 1 aromatic carbocycles. The molecule has 0 aliphatic heterocycles. The fourth-order valence-corrected chi connectivity index (χ4v) is 1.54. The summed E-state index contributed by atoms with van der Waals surface area (Å²) in [5.41, 5.74) is 1.22. The number of hydrogen-bond donors (Lipinski definition) is 1. The molecular weight excluding hydrogens is 246 g/mol. The van der Waals surface area contributed by atoms with Crippen molar-refractivity contribution < 1.29 is 14.1 Å². The van der Waals surface area contributed by atoms with Crippen LogP contribution in [0.4, 0.5) is 5.69 Å². The van der Waals surface area contributed by atoms with Gasteiger partial charge in [0.1, 0.15) is 6.42 Å². The van der Waals surface area contributed by atoms with Gasteiger partial charge in [-0.2, -0.15) is 4.98 Å². The number of carbonyl (C=O) groups excluding carboxylic acids is 2. The number of nitrogens with zero attached hydrogens (tertiary/aromatic N) is 2. The quantitative estimate of drug-likeness (QED) is 0.845. The molecule has 6 nitrogen and oxygen atoms in total. The summed E-state index contributed by atoms with van der Waals surface area (Å²) >= 11 is 0. The van der Waals surface area contributed by atoms with Gasteiger partial charge >= 0.3 is 0 Å². The van der Waals surface area contributed by atoms with Crippen LogP contribution < -0.4 is 5.32 Å². The van der Waals surface area contributed by atoms with Crippen molar-refractivity contribution in [2.75, 3.05) is 5.32 Å². The highest BCUT2D eigenvalue weighted by atomic mass is 16.5. The molecule has 1 amide bonds. The molecule has 0 aliphatic rings. The van der Waals surface area contributed by atoms with Crippen molar-refractivity contribution in [2.45, 2.75) is 20.3 Å². The average molecular weight is 259 g/mol. The number of amides is 1. The third-order valence-corrected chi connectivity index (χ3v) is 2.46. The zero-order valence-electron chi connectivity index (χ0n) is 10.6. The minimum absolute atomic E-state index is 0.0146. The number of hydrogen-bond acceptors (Lipinski definition) is 5. The minimum Gasteiger partial charge on any atom is -0.339 e. The van der Waals surface area contributed by atoms with E-state index < -0.39 is 0 Å². The molecule has 1 heterocycles. The Labute approximate surface area is 109 Å². The number of rotatable bonds is 4. The lowest BCUT2D eigenvalue weighted by Gasteiger charge is -2.03. The van der Waals surface area contributed by atoms with Crippen LogP contribution >= 0.6 is 0 Å². The Morgan fingerprint density at radius 2 is 1.95 bits per heavy atom. The average Bonchev–Trinajstić information content (AvgIpc) is 2.75. The number of carbonyl (C=O) groups is 2. The highest BCUT2D eigenvalue weighted by Crippen LogP contribution is 2.10. The van der Waals surface area contributed by atoms with Crippen LogP contribution in [0, 0.1) is 6.92 Å². The van der Waals surface area contributed by atoms with Gasteiger partial charge in [-0.25, -0.2) is 0 Å². The van der Waals surface area contributed by atoms with E-state index in [4.69, 9.17) is 4.52 Å². The molecule has 0 spiro atoms. The predicted octanol–water partition coefficient (Wildman–Crippen LogP) is 1.76. The van der Waals surface area contributed by atoms with Crippen LogP contribution in [0.1, 0.15) is 29.0 Å². The lowest BCUT2D eigenvalue weighted by atomic mass is 10.1. The van der Waals surface area contributed by atoms with Crippen molar-refractivity contribution in [1.29, 1.82) is 0 Å². The lowest BCUT2D eigenvalue weighted by Crippen LogP contribution is -2.14. The number of benzene rings is 1. The van der Waals surface area contributed by atoms with Gasteiger partial charge < -0.3 is 9.84 Å². The van der Waals surface area contributed by atoms with Gasteiger partial charge in [-0.1, -0.05) is 5.16 Å². The standard InChI is InChI=1S/C13H13N3O3/c1-8(17)10-3-5-11(6-4-10)15-12(18)7-13-14-9(2)16-19-13/h3-6H,7H2,1-2H3,(H,15,18). The summed E-state index contributed by atoms with van der Waals surface area (Å²) in [7, 11) is 0. The van der Waals surface area contributed by atoms with E-state index >= 15 is 0 Å². The highest BCUT2D eigenvalue weighted by molar-refractivity contribution is 5.95. The molecule has 6 heteroatoms. The van der Waals surface area contributed by atoms with Gasteiger partial charge in [0, 0.05) is 11.3 Å². The molecule has 2 rings (SSSR count). The summed E-state index contributed by atoms with van der Waals surface area (Å²) in [6, 6.07) is 6.67. The van der Waals surface area contributed by atoms with Gasteiger partial charge in [-0.05, 0) is 38.1 Å². The van der Waals surface area contributed by atoms with Crippen LogP contribution in [-0.2, 0) is 11.2 Å². The Kier molecular flexibility index (Phi) is 3.70. The second-order valence-electron chi connectivity index (χ2n) is 4.09.